The topological polar surface area (TPSA) is 131 Å². The molecule has 0 heterocycles. The number of amides is 2. The van der Waals surface area contributed by atoms with E-state index in [4.69, 9.17) is 4.74 Å². The molecule has 0 radical (unpaired) electrons. The second-order valence-corrected chi connectivity index (χ2v) is 7.87. The summed E-state index contributed by atoms with van der Waals surface area (Å²) in [7, 11) is 0. The highest BCUT2D eigenvalue weighted by Gasteiger charge is 2.32. The summed E-state index contributed by atoms with van der Waals surface area (Å²) in [5.41, 5.74) is 0. The van der Waals surface area contributed by atoms with Gasteiger partial charge in [0.15, 0.2) is 5.78 Å². The molecule has 0 unspecified atom stereocenters. The molecular formula is C21H37N3O6. The molecule has 0 aromatic carbocycles. The molecule has 4 atom stereocenters. The van der Waals surface area contributed by atoms with Crippen molar-refractivity contribution in [1.82, 2.24) is 16.0 Å². The minimum atomic E-state index is -0.852. The van der Waals surface area contributed by atoms with Crippen LogP contribution in [-0.2, 0) is 28.7 Å². The predicted octanol–water partition coefficient (Wildman–Crippen LogP) is 0.748. The van der Waals surface area contributed by atoms with Crippen LogP contribution in [0.3, 0.4) is 0 Å². The van der Waals surface area contributed by atoms with Gasteiger partial charge in [-0.15, -0.1) is 0 Å². The molecule has 9 nitrogen and oxygen atoms in total. The number of ketones is 2. The monoisotopic (exact) mass is 427 g/mol. The van der Waals surface area contributed by atoms with Crippen LogP contribution in [0.2, 0.25) is 0 Å². The van der Waals surface area contributed by atoms with Gasteiger partial charge in [0.1, 0.15) is 17.9 Å². The van der Waals surface area contributed by atoms with Gasteiger partial charge in [-0.3, -0.25) is 24.5 Å². The van der Waals surface area contributed by atoms with Crippen LogP contribution >= 0.6 is 0 Å². The molecule has 9 heteroatoms. The van der Waals surface area contributed by atoms with Gasteiger partial charge in [0.05, 0.1) is 25.6 Å². The number of rotatable bonds is 14. The minimum absolute atomic E-state index is 0.115. The molecule has 0 aliphatic heterocycles. The predicted molar refractivity (Wildman–Crippen MR) is 113 cm³/mol. The summed E-state index contributed by atoms with van der Waals surface area (Å²) in [6.45, 7) is 12.0. The highest BCUT2D eigenvalue weighted by Crippen LogP contribution is 2.11. The van der Waals surface area contributed by atoms with Gasteiger partial charge in [-0.2, -0.15) is 0 Å². The highest BCUT2D eigenvalue weighted by atomic mass is 16.5. The van der Waals surface area contributed by atoms with E-state index >= 15 is 0 Å². The average molecular weight is 428 g/mol. The van der Waals surface area contributed by atoms with Crippen LogP contribution in [0.25, 0.3) is 0 Å². The zero-order chi connectivity index (χ0) is 23.4. The van der Waals surface area contributed by atoms with Gasteiger partial charge in [0.25, 0.3) is 0 Å². The first-order chi connectivity index (χ1) is 13.9. The molecular weight excluding hydrogens is 390 g/mol. The molecule has 0 aromatic rings. The van der Waals surface area contributed by atoms with Gasteiger partial charge in [0.2, 0.25) is 11.8 Å². The van der Waals surface area contributed by atoms with Crippen LogP contribution < -0.4 is 16.0 Å². The lowest BCUT2D eigenvalue weighted by atomic mass is 9.96. The van der Waals surface area contributed by atoms with Gasteiger partial charge >= 0.3 is 5.97 Å². The number of carbonyl (C=O) groups excluding carboxylic acids is 5. The smallest absolute Gasteiger partial charge is 0.328 e. The summed E-state index contributed by atoms with van der Waals surface area (Å²) >= 11 is 0. The summed E-state index contributed by atoms with van der Waals surface area (Å²) in [5.74, 6) is -2.34. The third-order valence-corrected chi connectivity index (χ3v) is 4.71. The largest absolute Gasteiger partial charge is 0.464 e. The van der Waals surface area contributed by atoms with E-state index in [-0.39, 0.29) is 43.0 Å². The molecule has 0 saturated heterocycles. The normalized spacial score (nSPS) is 14.9. The van der Waals surface area contributed by atoms with Crippen LogP contribution in [-0.4, -0.2) is 60.6 Å². The highest BCUT2D eigenvalue weighted by molar-refractivity contribution is 5.99. The van der Waals surface area contributed by atoms with Crippen molar-refractivity contribution in [2.75, 3.05) is 13.2 Å². The van der Waals surface area contributed by atoms with Crippen molar-refractivity contribution in [3.8, 4) is 0 Å². The van der Waals surface area contributed by atoms with Crippen molar-refractivity contribution < 1.29 is 28.7 Å². The Labute approximate surface area is 179 Å². The molecule has 0 fully saturated rings. The van der Waals surface area contributed by atoms with E-state index in [1.54, 1.807) is 6.92 Å². The molecule has 0 spiro atoms. The number of nitrogens with one attached hydrogen (secondary N) is 3. The molecule has 0 aliphatic carbocycles. The van der Waals surface area contributed by atoms with Gasteiger partial charge in [0, 0.05) is 0 Å². The van der Waals surface area contributed by atoms with E-state index in [9.17, 15) is 24.0 Å². The van der Waals surface area contributed by atoms with Crippen molar-refractivity contribution in [2.24, 2.45) is 11.8 Å². The van der Waals surface area contributed by atoms with Crippen molar-refractivity contribution in [2.45, 2.75) is 79.4 Å². The Morgan fingerprint density at radius 2 is 1.43 bits per heavy atom. The Bertz CT molecular complexity index is 620. The fourth-order valence-electron chi connectivity index (χ4n) is 2.77. The molecule has 0 saturated carbocycles. The Kier molecular flexibility index (Phi) is 12.8. The Morgan fingerprint density at radius 1 is 0.867 bits per heavy atom. The van der Waals surface area contributed by atoms with E-state index in [1.165, 1.54) is 13.8 Å². The van der Waals surface area contributed by atoms with Gasteiger partial charge in [-0.1, -0.05) is 34.1 Å². The molecule has 0 rings (SSSR count). The van der Waals surface area contributed by atoms with Crippen molar-refractivity contribution >= 4 is 29.4 Å². The first-order valence-corrected chi connectivity index (χ1v) is 10.5. The molecule has 0 bridgehead atoms. The second-order valence-electron chi connectivity index (χ2n) is 7.87. The summed E-state index contributed by atoms with van der Waals surface area (Å²) in [6.07, 6.45) is 0.437. The van der Waals surface area contributed by atoms with Crippen LogP contribution in [0, 0.1) is 11.8 Å². The maximum Gasteiger partial charge on any atom is 0.328 e. The minimum Gasteiger partial charge on any atom is -0.464 e. The fraction of sp³-hybridized carbons (Fsp3) is 0.762. The first kappa shape index (κ1) is 27.7. The van der Waals surface area contributed by atoms with Crippen molar-refractivity contribution in [1.29, 1.82) is 0 Å². The number of carbonyl (C=O) groups is 5. The maximum atomic E-state index is 12.9. The Balaban J connectivity index is 5.20. The zero-order valence-corrected chi connectivity index (χ0v) is 19.2. The Hall–Kier alpha value is -2.29. The molecule has 0 aliphatic rings. The summed E-state index contributed by atoms with van der Waals surface area (Å²) < 4.78 is 4.90. The fourth-order valence-corrected chi connectivity index (χ4v) is 2.77. The second kappa shape index (κ2) is 13.8. The van der Waals surface area contributed by atoms with Crippen LogP contribution in [0.4, 0.5) is 0 Å². The average Bonchev–Trinajstić information content (AvgIpc) is 2.64. The van der Waals surface area contributed by atoms with E-state index in [2.05, 4.69) is 16.0 Å². The zero-order valence-electron chi connectivity index (χ0n) is 19.2. The van der Waals surface area contributed by atoms with E-state index < -0.39 is 35.9 Å². The molecule has 172 valence electrons. The standard InChI is InChI=1S/C21H37N3O6/c1-8-13(5)18(20(28)23-15(7)21(29)30-9-2)24-19(27)17(12(3)4)22-11-16(26)10-14(6)25/h12-13,15,17-18,22H,8-11H2,1-7H3,(H,23,28)(H,24,27)/t13-,15-,17-,18-/m0/s1. The number of esters is 1. The lowest BCUT2D eigenvalue weighted by Gasteiger charge is -2.28. The summed E-state index contributed by atoms with van der Waals surface area (Å²) in [4.78, 5) is 60.3. The van der Waals surface area contributed by atoms with Crippen LogP contribution in [0.5, 0.6) is 0 Å². The Morgan fingerprint density at radius 3 is 1.90 bits per heavy atom. The molecule has 30 heavy (non-hydrogen) atoms. The van der Waals surface area contributed by atoms with Gasteiger partial charge in [-0.25, -0.2) is 4.79 Å². The molecule has 2 amide bonds. The molecule has 0 aromatic heterocycles. The number of hydrogen-bond acceptors (Lipinski definition) is 7. The van der Waals surface area contributed by atoms with Crippen molar-refractivity contribution in [3.63, 3.8) is 0 Å². The van der Waals surface area contributed by atoms with Crippen LogP contribution in [0.15, 0.2) is 0 Å². The SMILES string of the molecule is CCOC(=O)[C@H](C)NC(=O)[C@@H](NC(=O)[C@@H](NCC(=O)CC(C)=O)C(C)C)[C@@H](C)CC. The van der Waals surface area contributed by atoms with Gasteiger partial charge < -0.3 is 15.4 Å². The van der Waals surface area contributed by atoms with Crippen molar-refractivity contribution in [3.05, 3.63) is 0 Å². The lowest BCUT2D eigenvalue weighted by molar-refractivity contribution is -0.147. The quantitative estimate of drug-likeness (QED) is 0.275. The lowest BCUT2D eigenvalue weighted by Crippen LogP contribution is -2.58. The third kappa shape index (κ3) is 9.96. The molecule has 3 N–H and O–H groups in total. The summed E-state index contributed by atoms with van der Waals surface area (Å²) in [5, 5.41) is 8.21. The maximum absolute atomic E-state index is 12.9. The van der Waals surface area contributed by atoms with E-state index in [0.29, 0.717) is 6.42 Å². The first-order valence-electron chi connectivity index (χ1n) is 10.5. The number of Topliss-reactive ketones (excluding diaryl/α,β-unsaturated/α-hetero) is 2. The van der Waals surface area contributed by atoms with E-state index in [1.807, 2.05) is 27.7 Å². The van der Waals surface area contributed by atoms with Crippen LogP contribution in [0.1, 0.15) is 61.3 Å². The summed E-state index contributed by atoms with van der Waals surface area (Å²) in [6, 6.07) is -2.41. The number of ether oxygens (including phenoxy) is 1. The third-order valence-electron chi connectivity index (χ3n) is 4.71. The number of hydrogen-bond donors (Lipinski definition) is 3. The van der Waals surface area contributed by atoms with Gasteiger partial charge in [-0.05, 0) is 32.6 Å². The van der Waals surface area contributed by atoms with E-state index in [0.717, 1.165) is 0 Å².